The zero-order chi connectivity index (χ0) is 16.3. The van der Waals surface area contributed by atoms with Gasteiger partial charge < -0.3 is 13.9 Å². The maximum absolute atomic E-state index is 13.0. The number of benzene rings is 2. The first-order chi connectivity index (χ1) is 11.2. The van der Waals surface area contributed by atoms with Crippen molar-refractivity contribution in [3.8, 4) is 0 Å². The van der Waals surface area contributed by atoms with Crippen molar-refractivity contribution in [2.24, 2.45) is 0 Å². The van der Waals surface area contributed by atoms with Gasteiger partial charge in [-0.3, -0.25) is 4.57 Å². The van der Waals surface area contributed by atoms with Gasteiger partial charge in [-0.15, -0.1) is 0 Å². The number of fused-ring (bicyclic) bond motifs is 1. The average Bonchev–Trinajstić information content (AvgIpc) is 2.62. The number of rotatable bonds is 5. The zero-order valence-corrected chi connectivity index (χ0v) is 14.1. The molecule has 0 amide bonds. The molecule has 1 aliphatic rings. The Kier molecular flexibility index (Phi) is 4.67. The second-order valence-electron chi connectivity index (χ2n) is 5.35. The third-order valence-electron chi connectivity index (χ3n) is 4.04. The van der Waals surface area contributed by atoms with Gasteiger partial charge in [-0.05, 0) is 23.3 Å². The molecule has 0 aromatic heterocycles. The Bertz CT molecular complexity index is 737. The number of para-hydroxylation sites is 1. The Balaban J connectivity index is 2.04. The Hall–Kier alpha value is -1.87. The summed E-state index contributed by atoms with van der Waals surface area (Å²) in [5, 5.41) is 0. The topological polar surface area (TPSA) is 38.8 Å². The van der Waals surface area contributed by atoms with Gasteiger partial charge in [0, 0.05) is 26.5 Å². The standard InChI is InChI=1S/C18H20NO3P/c1-21-23(20,22-2)18-13-12-16-10-6-7-11-17(16)19(18)14-15-8-4-3-5-9-15/h3-13,18H,14H2,1-2H3. The Morgan fingerprint density at radius 1 is 1.00 bits per heavy atom. The van der Waals surface area contributed by atoms with E-state index >= 15 is 0 Å². The Morgan fingerprint density at radius 2 is 1.65 bits per heavy atom. The Morgan fingerprint density at radius 3 is 2.35 bits per heavy atom. The van der Waals surface area contributed by atoms with Crippen LogP contribution in [-0.4, -0.2) is 20.0 Å². The van der Waals surface area contributed by atoms with E-state index in [2.05, 4.69) is 17.0 Å². The summed E-state index contributed by atoms with van der Waals surface area (Å²) in [6, 6.07) is 18.2. The van der Waals surface area contributed by atoms with Crippen LogP contribution in [-0.2, 0) is 20.2 Å². The molecule has 0 spiro atoms. The lowest BCUT2D eigenvalue weighted by molar-refractivity contribution is 0.269. The second kappa shape index (κ2) is 6.71. The average molecular weight is 329 g/mol. The molecule has 1 aliphatic heterocycles. The molecular formula is C18H20NO3P. The van der Waals surface area contributed by atoms with Gasteiger partial charge in [0.25, 0.3) is 0 Å². The van der Waals surface area contributed by atoms with E-state index in [-0.39, 0.29) is 0 Å². The lowest BCUT2D eigenvalue weighted by atomic mass is 10.1. The third-order valence-corrected chi connectivity index (χ3v) is 6.16. The molecule has 0 radical (unpaired) electrons. The molecule has 23 heavy (non-hydrogen) atoms. The van der Waals surface area contributed by atoms with Crippen molar-refractivity contribution in [2.75, 3.05) is 19.1 Å². The molecular weight excluding hydrogens is 309 g/mol. The van der Waals surface area contributed by atoms with Gasteiger partial charge in [0.2, 0.25) is 0 Å². The van der Waals surface area contributed by atoms with Gasteiger partial charge in [-0.25, -0.2) is 0 Å². The summed E-state index contributed by atoms with van der Waals surface area (Å²) in [5.41, 5.74) is 3.26. The van der Waals surface area contributed by atoms with Crippen LogP contribution in [0.3, 0.4) is 0 Å². The molecule has 1 unspecified atom stereocenters. The first-order valence-electron chi connectivity index (χ1n) is 7.47. The molecule has 0 saturated heterocycles. The maximum Gasteiger partial charge on any atom is 0.356 e. The predicted molar refractivity (Wildman–Crippen MR) is 93.5 cm³/mol. The quantitative estimate of drug-likeness (QED) is 0.755. The second-order valence-corrected chi connectivity index (χ2v) is 7.69. The highest BCUT2D eigenvalue weighted by Gasteiger charge is 2.39. The number of nitrogens with zero attached hydrogens (tertiary/aromatic N) is 1. The highest BCUT2D eigenvalue weighted by Crippen LogP contribution is 2.56. The SMILES string of the molecule is COP(=O)(OC)C1C=Cc2ccccc2N1Cc1ccccc1. The summed E-state index contributed by atoms with van der Waals surface area (Å²) in [6.07, 6.45) is 3.88. The monoisotopic (exact) mass is 329 g/mol. The zero-order valence-electron chi connectivity index (χ0n) is 13.3. The van der Waals surface area contributed by atoms with E-state index in [4.69, 9.17) is 9.05 Å². The van der Waals surface area contributed by atoms with Crippen molar-refractivity contribution in [1.29, 1.82) is 0 Å². The van der Waals surface area contributed by atoms with E-state index in [0.29, 0.717) is 6.54 Å². The minimum atomic E-state index is -3.27. The molecule has 0 saturated carbocycles. The number of hydrogen-bond acceptors (Lipinski definition) is 4. The van der Waals surface area contributed by atoms with Crippen molar-refractivity contribution >= 4 is 19.4 Å². The number of anilines is 1. The minimum absolute atomic E-state index is 0.451. The van der Waals surface area contributed by atoms with Crippen LogP contribution in [0.5, 0.6) is 0 Å². The fourth-order valence-electron chi connectivity index (χ4n) is 2.85. The normalized spacial score (nSPS) is 17.1. The van der Waals surface area contributed by atoms with Crippen LogP contribution < -0.4 is 4.90 Å². The molecule has 1 heterocycles. The van der Waals surface area contributed by atoms with Crippen LogP contribution in [0.15, 0.2) is 60.7 Å². The molecule has 120 valence electrons. The first-order valence-corrected chi connectivity index (χ1v) is 9.08. The smallest absolute Gasteiger partial charge is 0.349 e. The summed E-state index contributed by atoms with van der Waals surface area (Å²) >= 11 is 0. The molecule has 0 N–H and O–H groups in total. The van der Waals surface area contributed by atoms with E-state index in [0.717, 1.165) is 16.8 Å². The van der Waals surface area contributed by atoms with E-state index in [1.165, 1.54) is 14.2 Å². The maximum atomic E-state index is 13.0. The van der Waals surface area contributed by atoms with Crippen molar-refractivity contribution in [3.63, 3.8) is 0 Å². The fourth-order valence-corrected chi connectivity index (χ4v) is 4.28. The molecule has 2 aromatic rings. The third kappa shape index (κ3) is 3.11. The molecule has 5 heteroatoms. The molecule has 3 rings (SSSR count). The van der Waals surface area contributed by atoms with Gasteiger partial charge in [-0.2, -0.15) is 0 Å². The van der Waals surface area contributed by atoms with Crippen molar-refractivity contribution in [1.82, 2.24) is 0 Å². The van der Waals surface area contributed by atoms with Gasteiger partial charge >= 0.3 is 7.60 Å². The van der Waals surface area contributed by atoms with Gasteiger partial charge in [0.15, 0.2) is 5.78 Å². The Labute approximate surface area is 136 Å². The molecule has 4 nitrogen and oxygen atoms in total. The number of hydrogen-bond donors (Lipinski definition) is 0. The fraction of sp³-hybridized carbons (Fsp3) is 0.222. The molecule has 0 bridgehead atoms. The first kappa shape index (κ1) is 16.0. The lowest BCUT2D eigenvalue weighted by Gasteiger charge is -2.38. The molecule has 2 aromatic carbocycles. The van der Waals surface area contributed by atoms with Crippen LogP contribution in [0.25, 0.3) is 6.08 Å². The summed E-state index contributed by atoms with van der Waals surface area (Å²) < 4.78 is 23.5. The van der Waals surface area contributed by atoms with Crippen molar-refractivity contribution < 1.29 is 13.6 Å². The largest absolute Gasteiger partial charge is 0.356 e. The van der Waals surface area contributed by atoms with E-state index in [1.54, 1.807) is 0 Å². The van der Waals surface area contributed by atoms with Gasteiger partial charge in [0.05, 0.1) is 0 Å². The summed E-state index contributed by atoms with van der Waals surface area (Å²) in [6.45, 7) is 0.629. The highest BCUT2D eigenvalue weighted by molar-refractivity contribution is 7.55. The van der Waals surface area contributed by atoms with Crippen LogP contribution in [0.4, 0.5) is 5.69 Å². The molecule has 1 atom stereocenters. The van der Waals surface area contributed by atoms with Crippen molar-refractivity contribution in [2.45, 2.75) is 12.3 Å². The molecule has 0 fully saturated rings. The predicted octanol–water partition coefficient (Wildman–Crippen LogP) is 4.53. The van der Waals surface area contributed by atoms with Gasteiger partial charge in [0.1, 0.15) is 0 Å². The van der Waals surface area contributed by atoms with Crippen molar-refractivity contribution in [3.05, 3.63) is 71.8 Å². The summed E-state index contributed by atoms with van der Waals surface area (Å²) in [7, 11) is -0.406. The summed E-state index contributed by atoms with van der Waals surface area (Å²) in [4.78, 5) is 2.08. The lowest BCUT2D eigenvalue weighted by Crippen LogP contribution is -2.36. The van der Waals surface area contributed by atoms with Gasteiger partial charge in [-0.1, -0.05) is 54.6 Å². The van der Waals surface area contributed by atoms with Crippen LogP contribution in [0.1, 0.15) is 11.1 Å². The minimum Gasteiger partial charge on any atom is -0.349 e. The summed E-state index contributed by atoms with van der Waals surface area (Å²) in [5.74, 6) is -0.451. The molecule has 0 aliphatic carbocycles. The van der Waals surface area contributed by atoms with Crippen LogP contribution >= 0.6 is 7.60 Å². The van der Waals surface area contributed by atoms with E-state index in [9.17, 15) is 4.57 Å². The highest BCUT2D eigenvalue weighted by atomic mass is 31.2. The van der Waals surface area contributed by atoms with Crippen LogP contribution in [0, 0.1) is 0 Å². The van der Waals surface area contributed by atoms with E-state index < -0.39 is 13.4 Å². The van der Waals surface area contributed by atoms with Crippen LogP contribution in [0.2, 0.25) is 0 Å². The van der Waals surface area contributed by atoms with E-state index in [1.807, 2.05) is 54.6 Å².